The molecule has 0 radical (unpaired) electrons. The van der Waals surface area contributed by atoms with Gasteiger partial charge in [-0.05, 0) is 38.8 Å². The second-order valence-electron chi connectivity index (χ2n) is 6.75. The van der Waals surface area contributed by atoms with E-state index in [1.54, 1.807) is 20.8 Å². The standard InChI is InChI=1S/C20H25BrO6/c1-13(2)26-19(23)20(24,16-11-14(3)27-18(16)22)17(21)9-10-25-12-15-7-5-4-6-8-15/h4-8,11,13,16-17,24H,9-10,12H2,1-3H3/t16-,17-,20+/m0/s1. The van der Waals surface area contributed by atoms with E-state index in [0.717, 1.165) is 5.56 Å². The monoisotopic (exact) mass is 440 g/mol. The number of hydrogen-bond acceptors (Lipinski definition) is 6. The van der Waals surface area contributed by atoms with Crippen molar-refractivity contribution in [1.29, 1.82) is 0 Å². The number of hydrogen-bond donors (Lipinski definition) is 1. The van der Waals surface area contributed by atoms with E-state index in [-0.39, 0.29) is 6.61 Å². The molecule has 1 aliphatic rings. The lowest BCUT2D eigenvalue weighted by Gasteiger charge is -2.33. The van der Waals surface area contributed by atoms with Crippen LogP contribution >= 0.6 is 15.9 Å². The molecule has 1 aliphatic heterocycles. The van der Waals surface area contributed by atoms with E-state index < -0.39 is 34.4 Å². The van der Waals surface area contributed by atoms with Crippen molar-refractivity contribution in [2.45, 2.75) is 50.3 Å². The van der Waals surface area contributed by atoms with Gasteiger partial charge in [-0.15, -0.1) is 0 Å². The molecule has 0 spiro atoms. The Kier molecular flexibility index (Phi) is 7.59. The molecule has 0 fully saturated rings. The van der Waals surface area contributed by atoms with E-state index in [1.807, 2.05) is 30.3 Å². The number of carbonyl (C=O) groups is 2. The molecule has 148 valence electrons. The summed E-state index contributed by atoms with van der Waals surface area (Å²) in [5.41, 5.74) is -1.06. The van der Waals surface area contributed by atoms with Crippen molar-refractivity contribution in [2.24, 2.45) is 5.92 Å². The van der Waals surface area contributed by atoms with Gasteiger partial charge in [0.2, 0.25) is 0 Å². The Morgan fingerprint density at radius 1 is 1.33 bits per heavy atom. The lowest BCUT2D eigenvalue weighted by atomic mass is 9.83. The van der Waals surface area contributed by atoms with Crippen molar-refractivity contribution >= 4 is 27.9 Å². The lowest BCUT2D eigenvalue weighted by Crippen LogP contribution is -2.55. The number of cyclic esters (lactones) is 1. The molecule has 27 heavy (non-hydrogen) atoms. The molecule has 0 bridgehead atoms. The van der Waals surface area contributed by atoms with Crippen LogP contribution in [-0.2, 0) is 30.4 Å². The van der Waals surface area contributed by atoms with Crippen LogP contribution in [0.3, 0.4) is 0 Å². The second-order valence-corrected chi connectivity index (χ2v) is 7.86. The average molecular weight is 441 g/mol. The highest BCUT2D eigenvalue weighted by molar-refractivity contribution is 9.09. The second kappa shape index (κ2) is 9.48. The molecule has 0 unspecified atom stereocenters. The van der Waals surface area contributed by atoms with Gasteiger partial charge in [-0.2, -0.15) is 0 Å². The summed E-state index contributed by atoms with van der Waals surface area (Å²) >= 11 is 3.37. The first-order valence-corrected chi connectivity index (χ1v) is 9.76. The first kappa shape index (κ1) is 21.6. The number of allylic oxidation sites excluding steroid dienone is 1. The predicted octanol–water partition coefficient (Wildman–Crippen LogP) is 3.12. The molecule has 0 saturated heterocycles. The van der Waals surface area contributed by atoms with Gasteiger partial charge in [0.1, 0.15) is 11.7 Å². The maximum atomic E-state index is 12.6. The Morgan fingerprint density at radius 3 is 2.56 bits per heavy atom. The molecule has 1 aromatic carbocycles. The fourth-order valence-corrected chi connectivity index (χ4v) is 3.45. The summed E-state index contributed by atoms with van der Waals surface area (Å²) < 4.78 is 15.9. The summed E-state index contributed by atoms with van der Waals surface area (Å²) in [4.78, 5) is 24.0. The average Bonchev–Trinajstić information content (AvgIpc) is 2.96. The summed E-state index contributed by atoms with van der Waals surface area (Å²) in [6.45, 7) is 5.65. The fraction of sp³-hybridized carbons (Fsp3) is 0.500. The number of carbonyl (C=O) groups excluding carboxylic acids is 2. The molecule has 1 aromatic rings. The number of halogens is 1. The maximum absolute atomic E-state index is 12.6. The van der Waals surface area contributed by atoms with E-state index in [4.69, 9.17) is 14.2 Å². The topological polar surface area (TPSA) is 82.1 Å². The number of benzene rings is 1. The third-order valence-corrected chi connectivity index (χ3v) is 5.32. The highest BCUT2D eigenvalue weighted by atomic mass is 79.9. The first-order chi connectivity index (χ1) is 12.7. The van der Waals surface area contributed by atoms with Crippen LogP contribution in [0.5, 0.6) is 0 Å². The van der Waals surface area contributed by atoms with Gasteiger partial charge in [0.15, 0.2) is 5.60 Å². The van der Waals surface area contributed by atoms with E-state index >= 15 is 0 Å². The molecular formula is C20H25BrO6. The lowest BCUT2D eigenvalue weighted by molar-refractivity contribution is -0.178. The molecule has 3 atom stereocenters. The fourth-order valence-electron chi connectivity index (χ4n) is 2.79. The van der Waals surface area contributed by atoms with Crippen molar-refractivity contribution in [3.05, 3.63) is 47.7 Å². The van der Waals surface area contributed by atoms with Crippen LogP contribution in [0, 0.1) is 5.92 Å². The molecule has 0 aliphatic carbocycles. The molecule has 0 saturated carbocycles. The van der Waals surface area contributed by atoms with Gasteiger partial charge in [0.25, 0.3) is 0 Å². The molecule has 0 aromatic heterocycles. The van der Waals surface area contributed by atoms with Crippen LogP contribution in [0.4, 0.5) is 0 Å². The molecular weight excluding hydrogens is 416 g/mol. The summed E-state index contributed by atoms with van der Waals surface area (Å²) in [5.74, 6) is -2.33. The highest BCUT2D eigenvalue weighted by Gasteiger charge is 2.55. The van der Waals surface area contributed by atoms with Crippen LogP contribution < -0.4 is 0 Å². The minimum Gasteiger partial charge on any atom is -0.461 e. The Balaban J connectivity index is 2.05. The van der Waals surface area contributed by atoms with E-state index in [2.05, 4.69) is 15.9 Å². The zero-order valence-corrected chi connectivity index (χ0v) is 17.3. The van der Waals surface area contributed by atoms with E-state index in [0.29, 0.717) is 18.8 Å². The molecule has 6 nitrogen and oxygen atoms in total. The van der Waals surface area contributed by atoms with Crippen LogP contribution in [0.15, 0.2) is 42.2 Å². The van der Waals surface area contributed by atoms with E-state index in [9.17, 15) is 14.7 Å². The Labute approximate surface area is 167 Å². The number of rotatable bonds is 9. The number of esters is 2. The third-order valence-electron chi connectivity index (χ3n) is 4.17. The van der Waals surface area contributed by atoms with Crippen molar-refractivity contribution in [2.75, 3.05) is 6.61 Å². The van der Waals surface area contributed by atoms with Gasteiger partial charge in [0.05, 0.1) is 17.5 Å². The van der Waals surface area contributed by atoms with Crippen LogP contribution in [0.25, 0.3) is 0 Å². The number of alkyl halides is 1. The van der Waals surface area contributed by atoms with Gasteiger partial charge in [-0.3, -0.25) is 4.79 Å². The summed E-state index contributed by atoms with van der Waals surface area (Å²) in [6.07, 6.45) is 1.32. The van der Waals surface area contributed by atoms with Gasteiger partial charge >= 0.3 is 11.9 Å². The number of ether oxygens (including phenoxy) is 3. The maximum Gasteiger partial charge on any atom is 0.340 e. The van der Waals surface area contributed by atoms with E-state index in [1.165, 1.54) is 6.08 Å². The van der Waals surface area contributed by atoms with Gasteiger partial charge in [-0.1, -0.05) is 46.3 Å². The SMILES string of the molecule is CC1=C[C@H]([C@](O)(C(=O)OC(C)C)[C@@H](Br)CCOCc2ccccc2)C(=O)O1. The quantitative estimate of drug-likeness (QED) is 0.360. The molecule has 0 amide bonds. The Bertz CT molecular complexity index is 687. The summed E-state index contributed by atoms with van der Waals surface area (Å²) in [6, 6.07) is 9.67. The molecule has 1 heterocycles. The smallest absolute Gasteiger partial charge is 0.340 e. The largest absolute Gasteiger partial charge is 0.461 e. The van der Waals surface area contributed by atoms with Gasteiger partial charge < -0.3 is 19.3 Å². The van der Waals surface area contributed by atoms with Crippen molar-refractivity contribution in [1.82, 2.24) is 0 Å². The van der Waals surface area contributed by atoms with Crippen LogP contribution in [0.2, 0.25) is 0 Å². The minimum atomic E-state index is -2.09. The van der Waals surface area contributed by atoms with Crippen molar-refractivity contribution in [3.63, 3.8) is 0 Å². The minimum absolute atomic E-state index is 0.284. The highest BCUT2D eigenvalue weighted by Crippen LogP contribution is 2.36. The molecule has 2 rings (SSSR count). The third kappa shape index (κ3) is 5.40. The van der Waals surface area contributed by atoms with Crippen LogP contribution in [0.1, 0.15) is 32.8 Å². The normalized spacial score (nSPS) is 20.0. The number of aliphatic hydroxyl groups is 1. The summed E-state index contributed by atoms with van der Waals surface area (Å²) in [7, 11) is 0. The van der Waals surface area contributed by atoms with Crippen LogP contribution in [-0.4, -0.2) is 40.2 Å². The molecule has 7 heteroatoms. The Morgan fingerprint density at radius 2 is 2.00 bits per heavy atom. The van der Waals surface area contributed by atoms with Gasteiger partial charge in [-0.25, -0.2) is 4.79 Å². The van der Waals surface area contributed by atoms with Gasteiger partial charge in [0, 0.05) is 6.61 Å². The van der Waals surface area contributed by atoms with Crippen molar-refractivity contribution in [3.8, 4) is 0 Å². The zero-order chi connectivity index (χ0) is 20.0. The predicted molar refractivity (Wildman–Crippen MR) is 103 cm³/mol. The van der Waals surface area contributed by atoms with Crippen molar-refractivity contribution < 1.29 is 28.9 Å². The summed E-state index contributed by atoms with van der Waals surface area (Å²) in [5, 5.41) is 11.2. The Hall–Kier alpha value is -1.70. The zero-order valence-electron chi connectivity index (χ0n) is 15.7. The first-order valence-electron chi connectivity index (χ1n) is 8.84. The molecule has 1 N–H and O–H groups in total.